The summed E-state index contributed by atoms with van der Waals surface area (Å²) in [5.41, 5.74) is -2.08. The third kappa shape index (κ3) is 4.98. The average Bonchev–Trinajstić information content (AvgIpc) is 2.71. The van der Waals surface area contributed by atoms with Crippen molar-refractivity contribution in [3.05, 3.63) is 34.3 Å². The van der Waals surface area contributed by atoms with Gasteiger partial charge in [-0.25, -0.2) is 0 Å². The lowest BCUT2D eigenvalue weighted by molar-refractivity contribution is -0.143. The first-order valence-electron chi connectivity index (χ1n) is 8.66. The van der Waals surface area contributed by atoms with E-state index in [1.165, 1.54) is 6.07 Å². The topological polar surface area (TPSA) is 44.8 Å². The Morgan fingerprint density at radius 1 is 1.19 bits per heavy atom. The van der Waals surface area contributed by atoms with Crippen LogP contribution in [0.5, 0.6) is 0 Å². The van der Waals surface area contributed by atoms with Gasteiger partial charge in [-0.15, -0.1) is 0 Å². The second-order valence-electron chi connectivity index (χ2n) is 7.51. The lowest BCUT2D eigenvalue weighted by atomic mass is 9.66. The molecule has 0 aliphatic carbocycles. The van der Waals surface area contributed by atoms with Crippen LogP contribution in [0.25, 0.3) is 0 Å². The minimum atomic E-state index is -4.57. The van der Waals surface area contributed by atoms with Gasteiger partial charge in [0.2, 0.25) is 0 Å². The SMILES string of the molecule is CCOC(=O)CC(B1OC(C)(C)C(C)(C)O1)c1cc(Cl)cc(C(F)(F)F)c1. The van der Waals surface area contributed by atoms with E-state index in [-0.39, 0.29) is 23.6 Å². The zero-order valence-corrected chi connectivity index (χ0v) is 16.7. The Balaban J connectivity index is 2.45. The Hall–Kier alpha value is -1.25. The first-order chi connectivity index (χ1) is 12.3. The van der Waals surface area contributed by atoms with Gasteiger partial charge in [0.15, 0.2) is 0 Å². The molecule has 1 heterocycles. The van der Waals surface area contributed by atoms with Gasteiger partial charge >= 0.3 is 19.3 Å². The molecule has 1 unspecified atom stereocenters. The van der Waals surface area contributed by atoms with Crippen molar-refractivity contribution >= 4 is 24.7 Å². The number of alkyl halides is 3. The molecule has 0 spiro atoms. The predicted molar refractivity (Wildman–Crippen MR) is 96.5 cm³/mol. The van der Waals surface area contributed by atoms with Crippen molar-refractivity contribution in [2.24, 2.45) is 0 Å². The van der Waals surface area contributed by atoms with Gasteiger partial charge in [-0.1, -0.05) is 11.6 Å². The summed E-state index contributed by atoms with van der Waals surface area (Å²) >= 11 is 5.92. The minimum absolute atomic E-state index is 0.0785. The first kappa shape index (κ1) is 22.0. The van der Waals surface area contributed by atoms with E-state index in [4.69, 9.17) is 25.6 Å². The molecule has 1 saturated heterocycles. The largest absolute Gasteiger partial charge is 0.466 e. The van der Waals surface area contributed by atoms with E-state index < -0.39 is 41.8 Å². The maximum Gasteiger partial charge on any atom is 0.466 e. The van der Waals surface area contributed by atoms with Crippen molar-refractivity contribution in [1.82, 2.24) is 0 Å². The van der Waals surface area contributed by atoms with E-state index in [0.717, 1.165) is 12.1 Å². The smallest absolute Gasteiger partial charge is 0.466 e. The molecule has 1 aromatic carbocycles. The molecular weight excluding hydrogens is 383 g/mol. The number of rotatable bonds is 5. The van der Waals surface area contributed by atoms with Gasteiger partial charge in [-0.3, -0.25) is 4.79 Å². The fourth-order valence-corrected chi connectivity index (χ4v) is 3.06. The fraction of sp³-hybridized carbons (Fsp3) is 0.611. The molecule has 1 atom stereocenters. The number of esters is 1. The summed E-state index contributed by atoms with van der Waals surface area (Å²) in [5.74, 6) is -1.35. The zero-order chi connectivity index (χ0) is 20.6. The maximum absolute atomic E-state index is 13.2. The van der Waals surface area contributed by atoms with Crippen LogP contribution in [-0.2, 0) is 25.0 Å². The number of hydrogen-bond donors (Lipinski definition) is 0. The molecule has 150 valence electrons. The highest BCUT2D eigenvalue weighted by Gasteiger charge is 2.54. The number of halogens is 4. The van der Waals surface area contributed by atoms with Crippen molar-refractivity contribution in [3.8, 4) is 0 Å². The Morgan fingerprint density at radius 2 is 1.74 bits per heavy atom. The number of benzene rings is 1. The summed E-state index contributed by atoms with van der Waals surface area (Å²) < 4.78 is 56.5. The number of ether oxygens (including phenoxy) is 1. The van der Waals surface area contributed by atoms with Crippen LogP contribution in [-0.4, -0.2) is 30.9 Å². The van der Waals surface area contributed by atoms with Gasteiger partial charge < -0.3 is 14.0 Å². The van der Waals surface area contributed by atoms with Crippen LogP contribution in [0.1, 0.15) is 58.0 Å². The molecule has 0 amide bonds. The lowest BCUT2D eigenvalue weighted by Gasteiger charge is -2.32. The van der Waals surface area contributed by atoms with Crippen molar-refractivity contribution in [2.45, 2.75) is 64.2 Å². The quantitative estimate of drug-likeness (QED) is 0.508. The van der Waals surface area contributed by atoms with Crippen LogP contribution >= 0.6 is 11.6 Å². The molecule has 0 aromatic heterocycles. The van der Waals surface area contributed by atoms with Gasteiger partial charge in [0.25, 0.3) is 0 Å². The molecule has 4 nitrogen and oxygen atoms in total. The Labute approximate surface area is 162 Å². The molecule has 9 heteroatoms. The standard InChI is InChI=1S/C18H23BClF3O4/c1-6-25-15(24)10-14(19-26-16(2,3)17(4,5)27-19)11-7-12(18(21,22)23)9-13(20)8-11/h7-9,14H,6,10H2,1-5H3. The third-order valence-electron chi connectivity index (χ3n) is 4.97. The van der Waals surface area contributed by atoms with E-state index in [1.807, 2.05) is 27.7 Å². The van der Waals surface area contributed by atoms with Crippen LogP contribution in [0.3, 0.4) is 0 Å². The lowest BCUT2D eigenvalue weighted by Crippen LogP contribution is -2.41. The van der Waals surface area contributed by atoms with Crippen molar-refractivity contribution in [3.63, 3.8) is 0 Å². The molecule has 1 aliphatic rings. The van der Waals surface area contributed by atoms with Gasteiger partial charge in [-0.2, -0.15) is 13.2 Å². The highest BCUT2D eigenvalue weighted by molar-refractivity contribution is 6.48. The maximum atomic E-state index is 13.2. The molecule has 1 fully saturated rings. The van der Waals surface area contributed by atoms with Crippen LogP contribution in [0, 0.1) is 0 Å². The molecule has 1 aromatic rings. The summed E-state index contributed by atoms with van der Waals surface area (Å²) in [6.07, 6.45) is -4.76. The highest BCUT2D eigenvalue weighted by Crippen LogP contribution is 2.43. The third-order valence-corrected chi connectivity index (χ3v) is 5.19. The second kappa shape index (κ2) is 7.64. The number of hydrogen-bond acceptors (Lipinski definition) is 4. The van der Waals surface area contributed by atoms with Gasteiger partial charge in [0, 0.05) is 10.8 Å². The van der Waals surface area contributed by atoms with E-state index >= 15 is 0 Å². The summed E-state index contributed by atoms with van der Waals surface area (Å²) in [4.78, 5) is 12.1. The van der Waals surface area contributed by atoms with Crippen molar-refractivity contribution < 1.29 is 32.0 Å². The predicted octanol–water partition coefficient (Wildman–Crippen LogP) is 5.03. The van der Waals surface area contributed by atoms with E-state index in [9.17, 15) is 18.0 Å². The molecule has 1 aliphatic heterocycles. The van der Waals surface area contributed by atoms with Crippen molar-refractivity contribution in [1.29, 1.82) is 0 Å². The van der Waals surface area contributed by atoms with Gasteiger partial charge in [0.1, 0.15) is 0 Å². The average molecular weight is 407 g/mol. The molecular formula is C18H23BClF3O4. The van der Waals surface area contributed by atoms with Crippen molar-refractivity contribution in [2.75, 3.05) is 6.61 Å². The minimum Gasteiger partial charge on any atom is -0.466 e. The van der Waals surface area contributed by atoms with Gasteiger partial charge in [-0.05, 0) is 58.4 Å². The number of carbonyl (C=O) groups excluding carboxylic acids is 1. The monoisotopic (exact) mass is 406 g/mol. The van der Waals surface area contributed by atoms with E-state index in [2.05, 4.69) is 0 Å². The highest BCUT2D eigenvalue weighted by atomic mass is 35.5. The second-order valence-corrected chi connectivity index (χ2v) is 7.95. The molecule has 0 saturated carbocycles. The van der Waals surface area contributed by atoms with Crippen LogP contribution in [0.4, 0.5) is 13.2 Å². The van der Waals surface area contributed by atoms with E-state index in [1.54, 1.807) is 6.92 Å². The summed E-state index contributed by atoms with van der Waals surface area (Å²) in [5, 5.41) is -0.0785. The first-order valence-corrected chi connectivity index (χ1v) is 9.03. The Morgan fingerprint density at radius 3 is 2.22 bits per heavy atom. The van der Waals surface area contributed by atoms with Crippen LogP contribution < -0.4 is 0 Å². The van der Waals surface area contributed by atoms with Gasteiger partial charge in [0.05, 0.1) is 29.8 Å². The normalized spacial score (nSPS) is 19.8. The molecule has 0 bridgehead atoms. The molecule has 2 rings (SSSR count). The van der Waals surface area contributed by atoms with E-state index in [0.29, 0.717) is 0 Å². The molecule has 27 heavy (non-hydrogen) atoms. The number of carbonyl (C=O) groups is 1. The molecule has 0 N–H and O–H groups in total. The zero-order valence-electron chi connectivity index (χ0n) is 15.9. The summed E-state index contributed by atoms with van der Waals surface area (Å²) in [6, 6.07) is 3.21. The molecule has 0 radical (unpaired) electrons. The Kier molecular flexibility index (Phi) is 6.24. The fourth-order valence-electron chi connectivity index (χ4n) is 2.81. The summed E-state index contributed by atoms with van der Waals surface area (Å²) in [7, 11) is -0.918. The van der Waals surface area contributed by atoms with Crippen LogP contribution in [0.15, 0.2) is 18.2 Å². The van der Waals surface area contributed by atoms with Crippen LogP contribution in [0.2, 0.25) is 5.02 Å². The summed E-state index contributed by atoms with van der Waals surface area (Å²) in [6.45, 7) is 9.13. The Bertz CT molecular complexity index is 690.